The molecule has 1 atom stereocenters. The van der Waals surface area contributed by atoms with Gasteiger partial charge >= 0.3 is 0 Å². The van der Waals surface area contributed by atoms with E-state index in [1.54, 1.807) is 19.0 Å². The van der Waals surface area contributed by atoms with Crippen molar-refractivity contribution < 1.29 is 23.5 Å². The standard InChI is InChI=1S/C26H31ClF2N6O3/c1-4-19(37)34-10-12-35(13-11-34)25-15-14-16(27)21(22-17(28)6-5-7-18(22)36)23(29)24(15)31-26(32-25)30-9-8-20(38)33(2)3/h5-6,14,18,36H,4,7-13H2,1-3H3,(H,30,31,32). The number of aliphatic hydroxyl groups is 1. The van der Waals surface area contributed by atoms with Crippen LogP contribution in [0.2, 0.25) is 5.02 Å². The van der Waals surface area contributed by atoms with E-state index in [2.05, 4.69) is 15.3 Å². The first-order valence-electron chi connectivity index (χ1n) is 12.5. The lowest BCUT2D eigenvalue weighted by Gasteiger charge is -2.36. The molecule has 38 heavy (non-hydrogen) atoms. The average Bonchev–Trinajstić information content (AvgIpc) is 2.89. The Bertz CT molecular complexity index is 1310. The first-order chi connectivity index (χ1) is 18.1. The molecule has 9 nitrogen and oxygen atoms in total. The summed E-state index contributed by atoms with van der Waals surface area (Å²) in [6, 6.07) is 1.48. The Labute approximate surface area is 224 Å². The number of rotatable bonds is 7. The number of halogens is 3. The van der Waals surface area contributed by atoms with Gasteiger partial charge in [0.1, 0.15) is 17.2 Å². The third-order valence-corrected chi connectivity index (χ3v) is 7.00. The Balaban J connectivity index is 1.78. The van der Waals surface area contributed by atoms with E-state index in [1.165, 1.54) is 23.1 Å². The van der Waals surface area contributed by atoms with Crippen LogP contribution in [-0.4, -0.2) is 89.6 Å². The lowest BCUT2D eigenvalue weighted by atomic mass is 9.92. The van der Waals surface area contributed by atoms with Crippen LogP contribution in [0.4, 0.5) is 20.5 Å². The molecule has 0 spiro atoms. The summed E-state index contributed by atoms with van der Waals surface area (Å²) in [6.45, 7) is 3.89. The zero-order chi connectivity index (χ0) is 27.6. The summed E-state index contributed by atoms with van der Waals surface area (Å²) < 4.78 is 30.8. The molecule has 2 aromatic rings. The summed E-state index contributed by atoms with van der Waals surface area (Å²) in [7, 11) is 3.30. The van der Waals surface area contributed by atoms with Crippen molar-refractivity contribution in [1.82, 2.24) is 19.8 Å². The van der Waals surface area contributed by atoms with Crippen LogP contribution in [0.25, 0.3) is 16.5 Å². The van der Waals surface area contributed by atoms with Gasteiger partial charge in [0, 0.05) is 76.2 Å². The highest BCUT2D eigenvalue weighted by molar-refractivity contribution is 6.33. The summed E-state index contributed by atoms with van der Waals surface area (Å²) in [5.41, 5.74) is -0.565. The molecule has 204 valence electrons. The minimum absolute atomic E-state index is 0.0548. The fraction of sp³-hybridized carbons (Fsp3) is 0.462. The van der Waals surface area contributed by atoms with E-state index in [4.69, 9.17) is 11.6 Å². The van der Waals surface area contributed by atoms with Gasteiger partial charge in [-0.25, -0.2) is 13.8 Å². The third kappa shape index (κ3) is 5.58. The molecule has 4 rings (SSSR count). The quantitative estimate of drug-likeness (QED) is 0.547. The van der Waals surface area contributed by atoms with Gasteiger partial charge in [0.15, 0.2) is 5.82 Å². The number of nitrogens with zero attached hydrogens (tertiary/aromatic N) is 5. The van der Waals surface area contributed by atoms with Crippen LogP contribution < -0.4 is 10.2 Å². The first-order valence-corrected chi connectivity index (χ1v) is 12.9. The van der Waals surface area contributed by atoms with Crippen molar-refractivity contribution in [2.24, 2.45) is 0 Å². The first kappa shape index (κ1) is 27.7. The van der Waals surface area contributed by atoms with Crippen molar-refractivity contribution in [3.05, 3.63) is 40.4 Å². The number of hydrogen-bond acceptors (Lipinski definition) is 7. The van der Waals surface area contributed by atoms with Crippen molar-refractivity contribution in [3.8, 4) is 0 Å². The molecule has 1 saturated heterocycles. The number of hydrogen-bond donors (Lipinski definition) is 2. The highest BCUT2D eigenvalue weighted by atomic mass is 35.5. The minimum Gasteiger partial charge on any atom is -0.388 e. The maximum atomic E-state index is 16.1. The zero-order valence-electron chi connectivity index (χ0n) is 21.6. The van der Waals surface area contributed by atoms with Gasteiger partial charge in [-0.05, 0) is 18.6 Å². The predicted octanol–water partition coefficient (Wildman–Crippen LogP) is 3.37. The topological polar surface area (TPSA) is 102 Å². The number of carbonyl (C=O) groups is 2. The lowest BCUT2D eigenvalue weighted by molar-refractivity contribution is -0.131. The molecule has 2 aliphatic rings. The van der Waals surface area contributed by atoms with Gasteiger partial charge in [0.05, 0.1) is 11.1 Å². The number of allylic oxidation sites excluding steroid dienone is 2. The molecule has 0 bridgehead atoms. The van der Waals surface area contributed by atoms with Crippen LogP contribution in [0.5, 0.6) is 0 Å². The molecule has 12 heteroatoms. The van der Waals surface area contributed by atoms with Crippen LogP contribution in [-0.2, 0) is 9.59 Å². The van der Waals surface area contributed by atoms with E-state index in [9.17, 15) is 19.1 Å². The highest BCUT2D eigenvalue weighted by Gasteiger charge is 2.29. The molecular weight excluding hydrogens is 518 g/mol. The Morgan fingerprint density at radius 3 is 2.55 bits per heavy atom. The molecule has 1 aliphatic heterocycles. The third-order valence-electron chi connectivity index (χ3n) is 6.70. The van der Waals surface area contributed by atoms with Crippen LogP contribution in [0.15, 0.2) is 24.0 Å². The van der Waals surface area contributed by atoms with Crippen molar-refractivity contribution in [3.63, 3.8) is 0 Å². The highest BCUT2D eigenvalue weighted by Crippen LogP contribution is 2.40. The number of aromatic nitrogens is 2. The molecular formula is C26H31ClF2N6O3. The summed E-state index contributed by atoms with van der Waals surface area (Å²) in [4.78, 5) is 38.3. The maximum Gasteiger partial charge on any atom is 0.225 e. The molecule has 2 amide bonds. The summed E-state index contributed by atoms with van der Waals surface area (Å²) >= 11 is 6.49. The fourth-order valence-corrected chi connectivity index (χ4v) is 4.89. The fourth-order valence-electron chi connectivity index (χ4n) is 4.60. The van der Waals surface area contributed by atoms with Crippen molar-refractivity contribution in [1.29, 1.82) is 0 Å². The summed E-state index contributed by atoms with van der Waals surface area (Å²) in [6.07, 6.45) is 2.10. The Morgan fingerprint density at radius 2 is 1.92 bits per heavy atom. The Hall–Kier alpha value is -3.31. The van der Waals surface area contributed by atoms with E-state index in [1.807, 2.05) is 11.8 Å². The average molecular weight is 549 g/mol. The van der Waals surface area contributed by atoms with Crippen molar-refractivity contribution in [2.75, 3.05) is 57.0 Å². The largest absolute Gasteiger partial charge is 0.388 e. The normalized spacial score (nSPS) is 17.8. The minimum atomic E-state index is -1.26. The van der Waals surface area contributed by atoms with Crippen molar-refractivity contribution >= 4 is 51.7 Å². The number of benzene rings is 1. The number of amides is 2. The number of carbonyl (C=O) groups excluding carboxylic acids is 2. The second-order valence-corrected chi connectivity index (χ2v) is 9.82. The molecule has 1 aliphatic carbocycles. The second kappa shape index (κ2) is 11.6. The van der Waals surface area contributed by atoms with Crippen molar-refractivity contribution in [2.45, 2.75) is 32.3 Å². The monoisotopic (exact) mass is 548 g/mol. The lowest BCUT2D eigenvalue weighted by Crippen LogP contribution is -2.49. The van der Waals surface area contributed by atoms with Crippen LogP contribution in [0.3, 0.4) is 0 Å². The van der Waals surface area contributed by atoms with Gasteiger partial charge in [-0.1, -0.05) is 24.6 Å². The van der Waals surface area contributed by atoms with Gasteiger partial charge in [-0.15, -0.1) is 0 Å². The second-order valence-electron chi connectivity index (χ2n) is 9.42. The molecule has 2 N–H and O–H groups in total. The summed E-state index contributed by atoms with van der Waals surface area (Å²) in [5, 5.41) is 13.7. The van der Waals surface area contributed by atoms with Gasteiger partial charge in [-0.2, -0.15) is 4.98 Å². The summed E-state index contributed by atoms with van der Waals surface area (Å²) in [5.74, 6) is -1.18. The van der Waals surface area contributed by atoms with E-state index >= 15 is 4.39 Å². The number of anilines is 2. The van der Waals surface area contributed by atoms with Gasteiger partial charge in [0.2, 0.25) is 17.8 Å². The molecule has 0 radical (unpaired) electrons. The van der Waals surface area contributed by atoms with E-state index < -0.39 is 17.7 Å². The van der Waals surface area contributed by atoms with E-state index in [0.29, 0.717) is 43.8 Å². The Kier molecular flexibility index (Phi) is 8.47. The Morgan fingerprint density at radius 1 is 1.21 bits per heavy atom. The maximum absolute atomic E-state index is 16.1. The predicted molar refractivity (Wildman–Crippen MR) is 143 cm³/mol. The molecule has 1 unspecified atom stereocenters. The molecule has 0 saturated carbocycles. The number of aliphatic hydroxyl groups excluding tert-OH is 1. The van der Waals surface area contributed by atoms with Gasteiger partial charge < -0.3 is 25.1 Å². The number of fused-ring (bicyclic) bond motifs is 1. The number of nitrogens with one attached hydrogen (secondary N) is 1. The number of piperazine rings is 1. The smallest absolute Gasteiger partial charge is 0.225 e. The SMILES string of the molecule is CCC(=O)N1CCN(c2nc(NCCC(=O)N(C)C)nc3c(F)c(C4=C(F)C=CCC4O)c(Cl)cc23)CC1. The van der Waals surface area contributed by atoms with E-state index in [-0.39, 0.29) is 58.8 Å². The van der Waals surface area contributed by atoms with Crippen LogP contribution in [0, 0.1) is 5.82 Å². The van der Waals surface area contributed by atoms with Crippen LogP contribution >= 0.6 is 11.6 Å². The molecule has 1 fully saturated rings. The van der Waals surface area contributed by atoms with E-state index in [0.717, 1.165) is 0 Å². The molecule has 2 heterocycles. The zero-order valence-corrected chi connectivity index (χ0v) is 22.4. The van der Waals surface area contributed by atoms with Gasteiger partial charge in [0.25, 0.3) is 0 Å². The van der Waals surface area contributed by atoms with Gasteiger partial charge in [-0.3, -0.25) is 9.59 Å². The molecule has 1 aromatic carbocycles. The van der Waals surface area contributed by atoms with Crippen LogP contribution in [0.1, 0.15) is 31.7 Å². The molecule has 1 aromatic heterocycles.